The zero-order chi connectivity index (χ0) is 9.30. The van der Waals surface area contributed by atoms with Crippen LogP contribution in [0.3, 0.4) is 0 Å². The SMILES string of the molecule is O.O=C1O[C@H](C(O)CO)C(O)=C1O.[H-].[Na+].[V]. The van der Waals surface area contributed by atoms with Gasteiger partial charge in [-0.3, -0.25) is 0 Å². The molecule has 83 valence electrons. The molecule has 0 aromatic carbocycles. The molecule has 1 unspecified atom stereocenters. The first-order valence-electron chi connectivity index (χ1n) is 3.20. The number of rotatable bonds is 2. The zero-order valence-electron chi connectivity index (χ0n) is 8.91. The largest absolute Gasteiger partial charge is 1.00 e. The summed E-state index contributed by atoms with van der Waals surface area (Å²) in [4.78, 5) is 10.5. The van der Waals surface area contributed by atoms with Gasteiger partial charge in [-0.25, -0.2) is 4.79 Å². The third kappa shape index (κ3) is 4.33. The summed E-state index contributed by atoms with van der Waals surface area (Å²) < 4.78 is 4.32. The van der Waals surface area contributed by atoms with Gasteiger partial charge in [-0.05, 0) is 0 Å². The molecule has 9 heteroatoms. The van der Waals surface area contributed by atoms with Gasteiger partial charge in [0.2, 0.25) is 5.76 Å². The van der Waals surface area contributed by atoms with Crippen molar-refractivity contribution < 1.29 is 85.0 Å². The Kier molecular flexibility index (Phi) is 11.6. The Morgan fingerprint density at radius 3 is 2.20 bits per heavy atom. The van der Waals surface area contributed by atoms with E-state index < -0.39 is 36.3 Å². The van der Waals surface area contributed by atoms with E-state index in [2.05, 4.69) is 4.74 Å². The molecule has 15 heavy (non-hydrogen) atoms. The van der Waals surface area contributed by atoms with Crippen molar-refractivity contribution in [1.29, 1.82) is 0 Å². The molecule has 0 saturated carbocycles. The van der Waals surface area contributed by atoms with Crippen molar-refractivity contribution in [3.63, 3.8) is 0 Å². The summed E-state index contributed by atoms with van der Waals surface area (Å²) in [6, 6.07) is 0. The van der Waals surface area contributed by atoms with Crippen LogP contribution in [-0.4, -0.2) is 50.7 Å². The van der Waals surface area contributed by atoms with Crippen molar-refractivity contribution in [3.8, 4) is 0 Å². The average Bonchev–Trinajstić information content (AvgIpc) is 2.32. The molecule has 0 aromatic rings. The van der Waals surface area contributed by atoms with Crippen molar-refractivity contribution in [2.45, 2.75) is 12.2 Å². The molecule has 1 aliphatic rings. The molecule has 0 amide bonds. The van der Waals surface area contributed by atoms with Crippen LogP contribution in [-0.2, 0) is 28.1 Å². The normalized spacial score (nSPS) is 20.7. The predicted molar refractivity (Wildman–Crippen MR) is 40.0 cm³/mol. The molecule has 0 saturated heterocycles. The van der Waals surface area contributed by atoms with Crippen LogP contribution >= 0.6 is 0 Å². The molecule has 2 atom stereocenters. The van der Waals surface area contributed by atoms with Gasteiger partial charge in [-0.15, -0.1) is 0 Å². The number of hydrogen-bond donors (Lipinski definition) is 4. The van der Waals surface area contributed by atoms with Crippen molar-refractivity contribution in [2.24, 2.45) is 0 Å². The molecule has 1 radical (unpaired) electrons. The molecule has 0 spiro atoms. The maximum atomic E-state index is 10.5. The maximum Gasteiger partial charge on any atom is 1.00 e. The summed E-state index contributed by atoms with van der Waals surface area (Å²) in [5.74, 6) is -2.78. The first-order valence-corrected chi connectivity index (χ1v) is 3.20. The monoisotopic (exact) mass is 269 g/mol. The van der Waals surface area contributed by atoms with Crippen molar-refractivity contribution >= 4 is 5.97 Å². The first kappa shape index (κ1) is 20.7. The van der Waals surface area contributed by atoms with Crippen LogP contribution < -0.4 is 29.6 Å². The van der Waals surface area contributed by atoms with E-state index in [1.807, 2.05) is 0 Å². The molecule has 6 N–H and O–H groups in total. The Morgan fingerprint density at radius 1 is 1.47 bits per heavy atom. The Hall–Kier alpha value is 0.274. The Labute approximate surface area is 121 Å². The smallest absolute Gasteiger partial charge is 1.00 e. The van der Waals surface area contributed by atoms with E-state index in [9.17, 15) is 4.79 Å². The topological polar surface area (TPSA) is 139 Å². The second kappa shape index (κ2) is 8.43. The van der Waals surface area contributed by atoms with Crippen molar-refractivity contribution in [1.82, 2.24) is 0 Å². The van der Waals surface area contributed by atoms with E-state index in [1.54, 1.807) is 0 Å². The van der Waals surface area contributed by atoms with Crippen LogP contribution in [0.5, 0.6) is 0 Å². The van der Waals surface area contributed by atoms with Crippen LogP contribution in [0.2, 0.25) is 0 Å². The standard InChI is InChI=1S/C6H8O6.Na.H2O.V.H/c7-1-2(8)5-3(9)4(10)6(11)12-5;;;;/h2,5,7-10H,1H2;;1H2;;/q;+1;;;-1/t2?,5-;;;;/m1..../s1. The Morgan fingerprint density at radius 2 is 1.93 bits per heavy atom. The van der Waals surface area contributed by atoms with Crippen LogP contribution in [0.25, 0.3) is 0 Å². The van der Waals surface area contributed by atoms with Gasteiger partial charge in [0.25, 0.3) is 0 Å². The molecular weight excluding hydrogens is 258 g/mol. The van der Waals surface area contributed by atoms with E-state index in [4.69, 9.17) is 20.4 Å². The summed E-state index contributed by atoms with van der Waals surface area (Å²) in [7, 11) is 0. The van der Waals surface area contributed by atoms with Crippen LogP contribution in [0, 0.1) is 0 Å². The van der Waals surface area contributed by atoms with Gasteiger partial charge < -0.3 is 32.1 Å². The molecule has 0 aliphatic carbocycles. The fraction of sp³-hybridized carbons (Fsp3) is 0.500. The van der Waals surface area contributed by atoms with Gasteiger partial charge in [0, 0.05) is 18.6 Å². The number of aliphatic hydroxyl groups is 4. The predicted octanol–water partition coefficient (Wildman–Crippen LogP) is -5.12. The first-order chi connectivity index (χ1) is 5.57. The minimum Gasteiger partial charge on any atom is -1.00 e. The van der Waals surface area contributed by atoms with Gasteiger partial charge in [-0.1, -0.05) is 0 Å². The third-order valence-electron chi connectivity index (χ3n) is 1.48. The third-order valence-corrected chi connectivity index (χ3v) is 1.48. The molecule has 0 aromatic heterocycles. The van der Waals surface area contributed by atoms with Gasteiger partial charge in [0.1, 0.15) is 6.10 Å². The van der Waals surface area contributed by atoms with E-state index >= 15 is 0 Å². The van der Waals surface area contributed by atoms with Crippen LogP contribution in [0.1, 0.15) is 1.43 Å². The minimum atomic E-state index is -1.42. The van der Waals surface area contributed by atoms with Gasteiger partial charge in [-0.2, -0.15) is 0 Å². The van der Waals surface area contributed by atoms with Gasteiger partial charge in [0.05, 0.1) is 6.61 Å². The van der Waals surface area contributed by atoms with E-state index in [-0.39, 0.29) is 55.0 Å². The maximum absolute atomic E-state index is 10.5. The number of aliphatic hydroxyl groups excluding tert-OH is 4. The van der Waals surface area contributed by atoms with Crippen molar-refractivity contribution in [3.05, 3.63) is 11.5 Å². The zero-order valence-corrected chi connectivity index (χ0v) is 11.3. The number of carbonyl (C=O) groups is 1. The second-order valence-electron chi connectivity index (χ2n) is 2.31. The molecule has 1 rings (SSSR count). The molecular formula is C6H11NaO7V. The summed E-state index contributed by atoms with van der Waals surface area (Å²) in [5, 5.41) is 35.0. The van der Waals surface area contributed by atoms with Crippen LogP contribution in [0.4, 0.5) is 0 Å². The van der Waals surface area contributed by atoms with E-state index in [0.717, 1.165) is 0 Å². The quantitative estimate of drug-likeness (QED) is 0.292. The van der Waals surface area contributed by atoms with E-state index in [0.29, 0.717) is 0 Å². The summed E-state index contributed by atoms with van der Waals surface area (Å²) in [6.45, 7) is -0.671. The fourth-order valence-corrected chi connectivity index (χ4v) is 0.823. The Bertz CT molecular complexity index is 249. The number of hydrogen-bond acceptors (Lipinski definition) is 6. The molecule has 1 heterocycles. The Balaban J connectivity index is -0.000000180. The molecule has 0 fully saturated rings. The number of ether oxygens (including phenoxy) is 1. The average molecular weight is 269 g/mol. The van der Waals surface area contributed by atoms with Crippen LogP contribution in [0.15, 0.2) is 11.5 Å². The second-order valence-corrected chi connectivity index (χ2v) is 2.31. The summed E-state index contributed by atoms with van der Waals surface area (Å²) in [5.41, 5.74) is 0. The van der Waals surface area contributed by atoms with Crippen molar-refractivity contribution in [2.75, 3.05) is 6.61 Å². The summed E-state index contributed by atoms with van der Waals surface area (Å²) >= 11 is 0. The fourth-order valence-electron chi connectivity index (χ4n) is 0.823. The molecule has 7 nitrogen and oxygen atoms in total. The van der Waals surface area contributed by atoms with E-state index in [1.165, 1.54) is 0 Å². The number of cyclic esters (lactones) is 1. The summed E-state index contributed by atoms with van der Waals surface area (Å²) in [6.07, 6.45) is -2.78. The van der Waals surface area contributed by atoms with Gasteiger partial charge >= 0.3 is 35.5 Å². The molecule has 0 bridgehead atoms. The van der Waals surface area contributed by atoms with Gasteiger partial charge in [0.15, 0.2) is 11.9 Å². The molecule has 1 aliphatic heterocycles. The minimum absolute atomic E-state index is 0. The number of carbonyl (C=O) groups excluding carboxylic acids is 1. The number of esters is 1.